The molecule has 2 aromatic rings. The summed E-state index contributed by atoms with van der Waals surface area (Å²) in [7, 11) is 0. The highest BCUT2D eigenvalue weighted by Crippen LogP contribution is 2.33. The summed E-state index contributed by atoms with van der Waals surface area (Å²) in [5, 5.41) is 7.33. The maximum absolute atomic E-state index is 6.10. The van der Waals surface area contributed by atoms with Gasteiger partial charge in [0.1, 0.15) is 5.02 Å². The second kappa shape index (κ2) is 6.28. The highest BCUT2D eigenvalue weighted by Gasteiger charge is 2.09. The number of nitrogens with one attached hydrogen (secondary N) is 2. The SMILES string of the molecule is CCNc1ncc(Cl)c(Nc2cccc(Cl)c2Cl)n1. The molecule has 0 amide bonds. The zero-order chi connectivity index (χ0) is 13.8. The standard InChI is InChI=1S/C12H11Cl3N4/c1-2-16-12-17-6-8(14)11(19-12)18-9-5-3-4-7(13)10(9)15/h3-6H,2H2,1H3,(H2,16,17,18,19). The molecule has 0 bridgehead atoms. The Morgan fingerprint density at radius 2 is 1.95 bits per heavy atom. The molecule has 1 aromatic heterocycles. The molecule has 0 unspecified atom stereocenters. The number of hydrogen-bond acceptors (Lipinski definition) is 4. The third-order valence-electron chi connectivity index (χ3n) is 2.28. The molecule has 0 saturated heterocycles. The largest absolute Gasteiger partial charge is 0.354 e. The van der Waals surface area contributed by atoms with Gasteiger partial charge in [0.05, 0.1) is 21.9 Å². The third kappa shape index (κ3) is 3.41. The van der Waals surface area contributed by atoms with Gasteiger partial charge in [-0.05, 0) is 19.1 Å². The van der Waals surface area contributed by atoms with Gasteiger partial charge in [-0.25, -0.2) is 4.98 Å². The Morgan fingerprint density at radius 1 is 1.16 bits per heavy atom. The van der Waals surface area contributed by atoms with E-state index in [-0.39, 0.29) is 0 Å². The summed E-state index contributed by atoms with van der Waals surface area (Å²) >= 11 is 18.1. The molecule has 0 aliphatic heterocycles. The summed E-state index contributed by atoms with van der Waals surface area (Å²) < 4.78 is 0. The number of halogens is 3. The van der Waals surface area contributed by atoms with E-state index in [9.17, 15) is 0 Å². The lowest BCUT2D eigenvalue weighted by atomic mass is 10.3. The van der Waals surface area contributed by atoms with Crippen LogP contribution in [0.2, 0.25) is 15.1 Å². The second-order valence-corrected chi connectivity index (χ2v) is 4.84. The van der Waals surface area contributed by atoms with E-state index in [4.69, 9.17) is 34.8 Å². The van der Waals surface area contributed by atoms with Crippen LogP contribution in [0.1, 0.15) is 6.92 Å². The maximum Gasteiger partial charge on any atom is 0.224 e. The van der Waals surface area contributed by atoms with Gasteiger partial charge in [0, 0.05) is 6.54 Å². The summed E-state index contributed by atoms with van der Waals surface area (Å²) in [5.74, 6) is 0.962. The Kier molecular flexibility index (Phi) is 4.69. The van der Waals surface area contributed by atoms with E-state index in [1.54, 1.807) is 18.2 Å². The molecule has 0 atom stereocenters. The predicted octanol–water partition coefficient (Wildman–Crippen LogP) is 4.61. The molecule has 0 saturated carbocycles. The molecule has 2 rings (SSSR count). The minimum atomic E-state index is 0.401. The summed E-state index contributed by atoms with van der Waals surface area (Å²) in [6, 6.07) is 5.29. The van der Waals surface area contributed by atoms with Crippen LogP contribution in [0.15, 0.2) is 24.4 Å². The number of hydrogen-bond donors (Lipinski definition) is 2. The number of benzene rings is 1. The number of aromatic nitrogens is 2. The van der Waals surface area contributed by atoms with Crippen molar-refractivity contribution < 1.29 is 0 Å². The summed E-state index contributed by atoms with van der Waals surface area (Å²) in [6.45, 7) is 2.68. The number of rotatable bonds is 4. The molecule has 0 radical (unpaired) electrons. The lowest BCUT2D eigenvalue weighted by Gasteiger charge is -2.11. The van der Waals surface area contributed by atoms with Crippen molar-refractivity contribution in [2.45, 2.75) is 6.92 Å². The van der Waals surface area contributed by atoms with Crippen molar-refractivity contribution in [3.05, 3.63) is 39.5 Å². The molecular formula is C12H11Cl3N4. The van der Waals surface area contributed by atoms with E-state index in [0.717, 1.165) is 6.54 Å². The van der Waals surface area contributed by atoms with Crippen molar-refractivity contribution in [2.75, 3.05) is 17.2 Å². The minimum absolute atomic E-state index is 0.401. The summed E-state index contributed by atoms with van der Waals surface area (Å²) in [5.41, 5.74) is 0.636. The highest BCUT2D eigenvalue weighted by molar-refractivity contribution is 6.43. The fourth-order valence-corrected chi connectivity index (χ4v) is 1.91. The fourth-order valence-electron chi connectivity index (χ4n) is 1.43. The Morgan fingerprint density at radius 3 is 2.68 bits per heavy atom. The maximum atomic E-state index is 6.10. The molecule has 19 heavy (non-hydrogen) atoms. The topological polar surface area (TPSA) is 49.8 Å². The van der Waals surface area contributed by atoms with Crippen LogP contribution in [0.25, 0.3) is 0 Å². The first-order chi connectivity index (χ1) is 9.11. The zero-order valence-electron chi connectivity index (χ0n) is 10.0. The van der Waals surface area contributed by atoms with E-state index in [1.165, 1.54) is 6.20 Å². The first-order valence-corrected chi connectivity index (χ1v) is 6.72. The molecule has 2 N–H and O–H groups in total. The van der Waals surface area contributed by atoms with Gasteiger partial charge < -0.3 is 10.6 Å². The normalized spacial score (nSPS) is 10.3. The van der Waals surface area contributed by atoms with Gasteiger partial charge in [-0.15, -0.1) is 0 Å². The van der Waals surface area contributed by atoms with Crippen LogP contribution in [0.3, 0.4) is 0 Å². The van der Waals surface area contributed by atoms with Crippen LogP contribution in [0, 0.1) is 0 Å². The average Bonchev–Trinajstić information content (AvgIpc) is 2.39. The fraction of sp³-hybridized carbons (Fsp3) is 0.167. The lowest BCUT2D eigenvalue weighted by Crippen LogP contribution is -2.04. The molecular weight excluding hydrogens is 307 g/mol. The van der Waals surface area contributed by atoms with Crippen LogP contribution in [0.5, 0.6) is 0 Å². The number of anilines is 3. The number of nitrogens with zero attached hydrogens (tertiary/aromatic N) is 2. The van der Waals surface area contributed by atoms with Crippen LogP contribution < -0.4 is 10.6 Å². The first-order valence-electron chi connectivity index (χ1n) is 5.59. The van der Waals surface area contributed by atoms with E-state index in [2.05, 4.69) is 20.6 Å². The van der Waals surface area contributed by atoms with Crippen molar-refractivity contribution in [3.63, 3.8) is 0 Å². The second-order valence-electron chi connectivity index (χ2n) is 3.65. The average molecular weight is 318 g/mol. The summed E-state index contributed by atoms with van der Waals surface area (Å²) in [4.78, 5) is 8.32. The van der Waals surface area contributed by atoms with Crippen LogP contribution in [-0.2, 0) is 0 Å². The smallest absolute Gasteiger partial charge is 0.224 e. The predicted molar refractivity (Wildman–Crippen MR) is 81.0 cm³/mol. The Balaban J connectivity index is 2.32. The van der Waals surface area contributed by atoms with E-state index < -0.39 is 0 Å². The van der Waals surface area contributed by atoms with Crippen molar-refractivity contribution in [1.29, 1.82) is 0 Å². The van der Waals surface area contributed by atoms with Crippen molar-refractivity contribution in [1.82, 2.24) is 9.97 Å². The third-order valence-corrected chi connectivity index (χ3v) is 3.38. The zero-order valence-corrected chi connectivity index (χ0v) is 12.3. The molecule has 0 fully saturated rings. The van der Waals surface area contributed by atoms with Crippen molar-refractivity contribution in [2.24, 2.45) is 0 Å². The van der Waals surface area contributed by atoms with Gasteiger partial charge in [-0.2, -0.15) is 4.98 Å². The van der Waals surface area contributed by atoms with Gasteiger partial charge >= 0.3 is 0 Å². The van der Waals surface area contributed by atoms with Gasteiger partial charge in [0.15, 0.2) is 5.82 Å². The lowest BCUT2D eigenvalue weighted by molar-refractivity contribution is 1.09. The molecule has 100 valence electrons. The Hall–Kier alpha value is -1.23. The van der Waals surface area contributed by atoms with E-state index >= 15 is 0 Å². The molecule has 0 spiro atoms. The molecule has 1 heterocycles. The quantitative estimate of drug-likeness (QED) is 0.864. The van der Waals surface area contributed by atoms with Crippen molar-refractivity contribution in [3.8, 4) is 0 Å². The Bertz CT molecular complexity index is 589. The summed E-state index contributed by atoms with van der Waals surface area (Å²) in [6.07, 6.45) is 1.52. The first kappa shape index (κ1) is 14.2. The molecule has 7 heteroatoms. The minimum Gasteiger partial charge on any atom is -0.354 e. The van der Waals surface area contributed by atoms with Crippen LogP contribution in [0.4, 0.5) is 17.5 Å². The molecule has 1 aromatic carbocycles. The van der Waals surface area contributed by atoms with Gasteiger partial charge in [-0.3, -0.25) is 0 Å². The van der Waals surface area contributed by atoms with Crippen LogP contribution >= 0.6 is 34.8 Å². The molecule has 0 aliphatic carbocycles. The van der Waals surface area contributed by atoms with Gasteiger partial charge in [-0.1, -0.05) is 40.9 Å². The van der Waals surface area contributed by atoms with Gasteiger partial charge in [0.25, 0.3) is 0 Å². The van der Waals surface area contributed by atoms with Crippen LogP contribution in [-0.4, -0.2) is 16.5 Å². The van der Waals surface area contributed by atoms with E-state index in [0.29, 0.717) is 32.5 Å². The highest BCUT2D eigenvalue weighted by atomic mass is 35.5. The molecule has 0 aliphatic rings. The van der Waals surface area contributed by atoms with Crippen molar-refractivity contribution >= 4 is 52.3 Å². The monoisotopic (exact) mass is 316 g/mol. The van der Waals surface area contributed by atoms with E-state index in [1.807, 2.05) is 6.92 Å². The molecule has 4 nitrogen and oxygen atoms in total. The Labute approximate surface area is 126 Å². The van der Waals surface area contributed by atoms with Gasteiger partial charge in [0.2, 0.25) is 5.95 Å².